The van der Waals surface area contributed by atoms with Gasteiger partial charge in [0.25, 0.3) is 5.91 Å². The van der Waals surface area contributed by atoms with Gasteiger partial charge in [-0.25, -0.2) is 0 Å². The SMILES string of the molecule is Cc1cc(C)c(NC(=O)C(C)Oc2ccc(C)cc2Br)c(C)c1. The fourth-order valence-electron chi connectivity index (χ4n) is 2.55. The van der Waals surface area contributed by atoms with Crippen LogP contribution in [0.5, 0.6) is 5.75 Å². The van der Waals surface area contributed by atoms with E-state index in [9.17, 15) is 4.79 Å². The molecule has 0 bridgehead atoms. The Balaban J connectivity index is 2.11. The van der Waals surface area contributed by atoms with E-state index in [1.54, 1.807) is 6.92 Å². The smallest absolute Gasteiger partial charge is 0.265 e. The van der Waals surface area contributed by atoms with Gasteiger partial charge < -0.3 is 10.1 Å². The second-order valence-corrected chi connectivity index (χ2v) is 6.81. The monoisotopic (exact) mass is 375 g/mol. The minimum Gasteiger partial charge on any atom is -0.480 e. The molecule has 2 aromatic carbocycles. The summed E-state index contributed by atoms with van der Waals surface area (Å²) < 4.78 is 6.63. The van der Waals surface area contributed by atoms with Crippen molar-refractivity contribution < 1.29 is 9.53 Å². The summed E-state index contributed by atoms with van der Waals surface area (Å²) >= 11 is 3.47. The molecule has 1 unspecified atom stereocenters. The Morgan fingerprint density at radius 2 is 1.65 bits per heavy atom. The maximum atomic E-state index is 12.4. The second kappa shape index (κ2) is 7.18. The Hall–Kier alpha value is -1.81. The van der Waals surface area contributed by atoms with Crippen LogP contribution in [0.1, 0.15) is 29.2 Å². The molecule has 1 atom stereocenters. The van der Waals surface area contributed by atoms with Gasteiger partial charge in [0.2, 0.25) is 0 Å². The van der Waals surface area contributed by atoms with Gasteiger partial charge in [-0.1, -0.05) is 23.8 Å². The molecule has 0 aliphatic rings. The highest BCUT2D eigenvalue weighted by atomic mass is 79.9. The van der Waals surface area contributed by atoms with Gasteiger partial charge in [0.05, 0.1) is 4.47 Å². The van der Waals surface area contributed by atoms with E-state index in [2.05, 4.69) is 33.4 Å². The van der Waals surface area contributed by atoms with Crippen molar-refractivity contribution in [3.63, 3.8) is 0 Å². The number of anilines is 1. The summed E-state index contributed by atoms with van der Waals surface area (Å²) in [6.45, 7) is 9.80. The first-order valence-corrected chi connectivity index (χ1v) is 8.38. The third kappa shape index (κ3) is 4.35. The minimum atomic E-state index is -0.589. The van der Waals surface area contributed by atoms with Crippen LogP contribution in [-0.2, 0) is 4.79 Å². The Kier molecular flexibility index (Phi) is 5.47. The molecule has 0 heterocycles. The molecule has 0 aliphatic heterocycles. The lowest BCUT2D eigenvalue weighted by molar-refractivity contribution is -0.122. The number of amides is 1. The quantitative estimate of drug-likeness (QED) is 0.807. The molecule has 0 saturated heterocycles. The molecule has 3 nitrogen and oxygen atoms in total. The Bertz CT molecular complexity index is 717. The van der Waals surface area contributed by atoms with Gasteiger partial charge in [0.1, 0.15) is 5.75 Å². The largest absolute Gasteiger partial charge is 0.480 e. The molecule has 4 heteroatoms. The van der Waals surface area contributed by atoms with Crippen molar-refractivity contribution >= 4 is 27.5 Å². The van der Waals surface area contributed by atoms with E-state index in [1.807, 2.05) is 45.9 Å². The number of hydrogen-bond donors (Lipinski definition) is 1. The zero-order valence-corrected chi connectivity index (χ0v) is 15.7. The number of carbonyl (C=O) groups excluding carboxylic acids is 1. The van der Waals surface area contributed by atoms with Crippen molar-refractivity contribution in [2.75, 3.05) is 5.32 Å². The summed E-state index contributed by atoms with van der Waals surface area (Å²) in [4.78, 5) is 12.4. The van der Waals surface area contributed by atoms with Gasteiger partial charge in [-0.15, -0.1) is 0 Å². The number of benzene rings is 2. The maximum Gasteiger partial charge on any atom is 0.265 e. The second-order valence-electron chi connectivity index (χ2n) is 5.96. The highest BCUT2D eigenvalue weighted by Gasteiger charge is 2.18. The average Bonchev–Trinajstić information content (AvgIpc) is 2.45. The lowest BCUT2D eigenvalue weighted by Crippen LogP contribution is -2.30. The number of nitrogens with one attached hydrogen (secondary N) is 1. The van der Waals surface area contributed by atoms with Gasteiger partial charge in [-0.05, 0) is 79.4 Å². The van der Waals surface area contributed by atoms with Crippen LogP contribution >= 0.6 is 15.9 Å². The number of carbonyl (C=O) groups is 1. The molecule has 0 fully saturated rings. The molecule has 122 valence electrons. The maximum absolute atomic E-state index is 12.4. The molecule has 0 aromatic heterocycles. The highest BCUT2D eigenvalue weighted by Crippen LogP contribution is 2.27. The van der Waals surface area contributed by atoms with E-state index in [0.717, 1.165) is 26.9 Å². The standard InChI is InChI=1S/C19H22BrNO2/c1-11-6-7-17(16(20)10-11)23-15(5)19(22)21-18-13(3)8-12(2)9-14(18)4/h6-10,15H,1-5H3,(H,21,22). The van der Waals surface area contributed by atoms with Gasteiger partial charge in [0, 0.05) is 5.69 Å². The summed E-state index contributed by atoms with van der Waals surface area (Å²) in [7, 11) is 0. The van der Waals surface area contributed by atoms with Gasteiger partial charge in [-0.3, -0.25) is 4.79 Å². The number of ether oxygens (including phenoxy) is 1. The Morgan fingerprint density at radius 1 is 1.04 bits per heavy atom. The normalized spacial score (nSPS) is 11.9. The van der Waals surface area contributed by atoms with Crippen LogP contribution in [0.2, 0.25) is 0 Å². The van der Waals surface area contributed by atoms with Crippen LogP contribution in [0.25, 0.3) is 0 Å². The predicted octanol–water partition coefficient (Wildman–Crippen LogP) is 5.09. The zero-order valence-electron chi connectivity index (χ0n) is 14.2. The first-order valence-electron chi connectivity index (χ1n) is 7.59. The van der Waals surface area contributed by atoms with Crippen molar-refractivity contribution in [2.24, 2.45) is 0 Å². The molecule has 0 spiro atoms. The van der Waals surface area contributed by atoms with Gasteiger partial charge in [-0.2, -0.15) is 0 Å². The van der Waals surface area contributed by atoms with E-state index in [0.29, 0.717) is 5.75 Å². The molecular weight excluding hydrogens is 354 g/mol. The van der Waals surface area contributed by atoms with Gasteiger partial charge in [0.15, 0.2) is 6.10 Å². The third-order valence-electron chi connectivity index (χ3n) is 3.69. The summed E-state index contributed by atoms with van der Waals surface area (Å²) in [6, 6.07) is 9.91. The summed E-state index contributed by atoms with van der Waals surface area (Å²) in [5.41, 5.74) is 5.29. The summed E-state index contributed by atoms with van der Waals surface area (Å²) in [5, 5.41) is 2.98. The van der Waals surface area contributed by atoms with Gasteiger partial charge >= 0.3 is 0 Å². The van der Waals surface area contributed by atoms with Crippen LogP contribution in [0.15, 0.2) is 34.8 Å². The summed E-state index contributed by atoms with van der Waals surface area (Å²) in [6.07, 6.45) is -0.589. The van der Waals surface area contributed by atoms with Crippen molar-refractivity contribution in [1.82, 2.24) is 0 Å². The van der Waals surface area contributed by atoms with Crippen LogP contribution in [0.3, 0.4) is 0 Å². The van der Waals surface area contributed by atoms with E-state index in [-0.39, 0.29) is 5.91 Å². The summed E-state index contributed by atoms with van der Waals surface area (Å²) in [5.74, 6) is 0.503. The Labute approximate surface area is 146 Å². The van der Waals surface area contributed by atoms with Crippen molar-refractivity contribution in [2.45, 2.75) is 40.7 Å². The van der Waals surface area contributed by atoms with Crippen LogP contribution in [0, 0.1) is 27.7 Å². The molecule has 2 rings (SSSR count). The molecule has 23 heavy (non-hydrogen) atoms. The van der Waals surface area contributed by atoms with Crippen molar-refractivity contribution in [1.29, 1.82) is 0 Å². The molecular formula is C19H22BrNO2. The fourth-order valence-corrected chi connectivity index (χ4v) is 3.13. The minimum absolute atomic E-state index is 0.160. The van der Waals surface area contributed by atoms with E-state index in [4.69, 9.17) is 4.74 Å². The van der Waals surface area contributed by atoms with E-state index < -0.39 is 6.10 Å². The van der Waals surface area contributed by atoms with E-state index >= 15 is 0 Å². The number of halogens is 1. The first-order chi connectivity index (χ1) is 10.8. The number of aryl methyl sites for hydroxylation is 4. The molecule has 1 N–H and O–H groups in total. The van der Waals surface area contributed by atoms with Crippen molar-refractivity contribution in [3.05, 3.63) is 57.1 Å². The highest BCUT2D eigenvalue weighted by molar-refractivity contribution is 9.10. The molecule has 2 aromatic rings. The number of rotatable bonds is 4. The zero-order chi connectivity index (χ0) is 17.1. The molecule has 0 aliphatic carbocycles. The van der Waals surface area contributed by atoms with Crippen LogP contribution in [-0.4, -0.2) is 12.0 Å². The molecule has 1 amide bonds. The number of hydrogen-bond acceptors (Lipinski definition) is 2. The lowest BCUT2D eigenvalue weighted by Gasteiger charge is -2.18. The van der Waals surface area contributed by atoms with Crippen LogP contribution < -0.4 is 10.1 Å². The predicted molar refractivity (Wildman–Crippen MR) is 98.3 cm³/mol. The Morgan fingerprint density at radius 3 is 2.22 bits per heavy atom. The topological polar surface area (TPSA) is 38.3 Å². The fraction of sp³-hybridized carbons (Fsp3) is 0.316. The van der Waals surface area contributed by atoms with Crippen molar-refractivity contribution in [3.8, 4) is 5.75 Å². The average molecular weight is 376 g/mol. The van der Waals surface area contributed by atoms with Crippen LogP contribution in [0.4, 0.5) is 5.69 Å². The third-order valence-corrected chi connectivity index (χ3v) is 4.31. The molecule has 0 saturated carbocycles. The first kappa shape index (κ1) is 17.5. The molecule has 0 radical (unpaired) electrons. The van der Waals surface area contributed by atoms with E-state index in [1.165, 1.54) is 5.56 Å². The lowest BCUT2D eigenvalue weighted by atomic mass is 10.0.